The molecule has 0 spiro atoms. The summed E-state index contributed by atoms with van der Waals surface area (Å²) in [6.45, 7) is 5.41. The molecule has 11 aromatic rings. The van der Waals surface area contributed by atoms with E-state index in [2.05, 4.69) is 119 Å². The first-order chi connectivity index (χ1) is 56.6. The van der Waals surface area contributed by atoms with E-state index < -0.39 is 30.4 Å². The maximum Gasteiger partial charge on any atom is 0.408 e. The normalized spacial score (nSPS) is 16.0. The number of hydrogen-bond donors (Lipinski definition) is 8. The highest BCUT2D eigenvalue weighted by Gasteiger charge is 2.30. The second-order valence-corrected chi connectivity index (χ2v) is 29.0. The molecule has 16 rings (SSSR count). The molecule has 5 aliphatic heterocycles. The van der Waals surface area contributed by atoms with Crippen molar-refractivity contribution in [2.24, 2.45) is 16.5 Å². The highest BCUT2D eigenvalue weighted by Crippen LogP contribution is 2.33. The Kier molecular flexibility index (Phi) is 34.9. The van der Waals surface area contributed by atoms with Crippen molar-refractivity contribution in [1.82, 2.24) is 40.4 Å². The van der Waals surface area contributed by atoms with Crippen LogP contribution < -0.4 is 43.4 Å². The summed E-state index contributed by atoms with van der Waals surface area (Å²) in [7, 11) is 0. The number of ether oxygens (including phenoxy) is 4. The van der Waals surface area contributed by atoms with E-state index in [1.165, 1.54) is 27.9 Å². The van der Waals surface area contributed by atoms with Crippen LogP contribution in [0.15, 0.2) is 260 Å². The molecule has 0 saturated heterocycles. The third kappa shape index (κ3) is 25.9. The number of aliphatic imine (C=N–C) groups is 1. The molecule has 0 saturated carbocycles. The van der Waals surface area contributed by atoms with E-state index in [0.717, 1.165) is 136 Å². The number of thiocarbonyl (C=S) groups is 1. The number of alkyl carbamates (subject to hydrolysis) is 4. The van der Waals surface area contributed by atoms with Gasteiger partial charge in [-0.15, -0.1) is 18.2 Å². The second kappa shape index (κ2) is 46.2. The Morgan fingerprint density at radius 3 is 1.28 bits per heavy atom. The zero-order valence-corrected chi connectivity index (χ0v) is 66.8. The van der Waals surface area contributed by atoms with Crippen molar-refractivity contribution in [2.75, 3.05) is 23.4 Å². The number of carbonyl (C=O) groups excluding carboxylic acids is 5. The summed E-state index contributed by atoms with van der Waals surface area (Å²) < 4.78 is 25.5. The monoisotopic (exact) mass is 1620 g/mol. The molecule has 0 radical (unpaired) electrons. The van der Waals surface area contributed by atoms with Gasteiger partial charge in [0.15, 0.2) is 0 Å². The molecule has 5 aliphatic rings. The largest absolute Gasteiger partial charge is 0.445 e. The highest BCUT2D eigenvalue weighted by molar-refractivity contribution is 8.13. The van der Waals surface area contributed by atoms with E-state index in [-0.39, 0.29) is 71.4 Å². The standard InChI is InChI=1S/C21H21N3O2.C19H20N2O2S.C18H18N2O3.C18H18N2O2S.C13H15N3.C3H5N.2CH4/c1-15-13-22-20-18(12-11-17-9-5-6-10-19(17)24(15)20)23-21(25)26-14-16-7-3-2-4-8-16;1-24-18-17(12-11-15-9-5-6-10-16(15)20-18)21-19(22)23-13-14-7-3-2-4-8-14;21-17-16(11-10-14-8-4-5-9-15(14)19-17)20-18(22)23-12-13-6-2-1-3-7-13;21-18(22-12-13-6-2-1-3-7-13)20-16-11-10-14-8-4-5-9-15(14)19-17(16)23;1-9-8-15-13-11(14)7-6-10-4-2-3-5-12(10)16(9)13;1-2-3-4;;/h2-10,13,18H,11-12,14H2,1H3,(H,23,25);2-10,17H,11-13H2,1H3,(H,21,22);1-9,16H,10-12H2,(H,19,21)(H,20,22);1-9,16H,10-12H2,(H,19,23)(H,20,21);2-5,8,11H,6-7,14H2,1H3;1H,3-4H2;2*1H4/t;17-;2*16-;;;;/m.111..../s1. The number of benzene rings is 9. The van der Waals surface area contributed by atoms with Crippen LogP contribution in [0, 0.1) is 26.2 Å². The van der Waals surface area contributed by atoms with E-state index >= 15 is 0 Å². The molecule has 24 heteroatoms. The summed E-state index contributed by atoms with van der Waals surface area (Å²) in [6, 6.07) is 77.9. The van der Waals surface area contributed by atoms with Crippen LogP contribution in [0.2, 0.25) is 0 Å². The average molecular weight is 1630 g/mol. The summed E-state index contributed by atoms with van der Waals surface area (Å²) in [5.41, 5.74) is 28.2. The summed E-state index contributed by atoms with van der Waals surface area (Å²) in [5, 5.41) is 18.4. The first-order valence-corrected chi connectivity index (χ1v) is 40.3. The lowest BCUT2D eigenvalue weighted by Crippen LogP contribution is -2.43. The van der Waals surface area contributed by atoms with Gasteiger partial charge in [0.25, 0.3) is 0 Å². The predicted molar refractivity (Wildman–Crippen MR) is 474 cm³/mol. The number of terminal acetylenes is 1. The van der Waals surface area contributed by atoms with Gasteiger partial charge in [0.05, 0.1) is 52.8 Å². The number of thioether (sulfide) groups is 1. The molecule has 0 aliphatic carbocycles. The smallest absolute Gasteiger partial charge is 0.408 e. The lowest BCUT2D eigenvalue weighted by molar-refractivity contribution is -0.118. The number of hydrogen-bond acceptors (Lipinski definition) is 16. The van der Waals surface area contributed by atoms with Gasteiger partial charge in [-0.1, -0.05) is 245 Å². The van der Waals surface area contributed by atoms with E-state index in [0.29, 0.717) is 18.0 Å². The van der Waals surface area contributed by atoms with Crippen LogP contribution in [0.5, 0.6) is 0 Å². The molecule has 0 bridgehead atoms. The number of nitrogens with zero attached hydrogens (tertiary/aromatic N) is 5. The highest BCUT2D eigenvalue weighted by atomic mass is 32.2. The van der Waals surface area contributed by atoms with Crippen molar-refractivity contribution < 1.29 is 42.9 Å². The Morgan fingerprint density at radius 2 is 0.805 bits per heavy atom. The van der Waals surface area contributed by atoms with Crippen molar-refractivity contribution in [1.29, 1.82) is 0 Å². The van der Waals surface area contributed by atoms with Crippen LogP contribution in [0.4, 0.5) is 36.2 Å². The summed E-state index contributed by atoms with van der Waals surface area (Å²) in [5.74, 6) is 3.83. The minimum atomic E-state index is -0.592. The lowest BCUT2D eigenvalue weighted by atomic mass is 10.1. The zero-order valence-electron chi connectivity index (χ0n) is 65.2. The Balaban J connectivity index is 0.000000166. The molecule has 2 aromatic heterocycles. The van der Waals surface area contributed by atoms with Gasteiger partial charge in [0.2, 0.25) is 5.91 Å². The Bertz CT molecular complexity index is 5030. The Labute approximate surface area is 701 Å². The van der Waals surface area contributed by atoms with Gasteiger partial charge in [-0.3, -0.25) is 13.9 Å². The fourth-order valence-electron chi connectivity index (χ4n) is 13.6. The average Bonchev–Trinajstić information content (AvgIpc) is 1.64. The number of aromatic nitrogens is 4. The number of amides is 5. The zero-order chi connectivity index (χ0) is 81.4. The molecule has 0 fully saturated rings. The Morgan fingerprint density at radius 1 is 0.466 bits per heavy atom. The number of para-hydroxylation sites is 5. The van der Waals surface area contributed by atoms with Gasteiger partial charge >= 0.3 is 24.4 Å². The van der Waals surface area contributed by atoms with Crippen molar-refractivity contribution in [2.45, 2.75) is 150 Å². The molecule has 10 N–H and O–H groups in total. The summed E-state index contributed by atoms with van der Waals surface area (Å²) in [4.78, 5) is 74.9. The number of imidazole rings is 2. The molecule has 9 aromatic carbocycles. The van der Waals surface area contributed by atoms with Gasteiger partial charge < -0.3 is 62.3 Å². The van der Waals surface area contributed by atoms with Gasteiger partial charge in [-0.25, -0.2) is 34.1 Å². The van der Waals surface area contributed by atoms with Crippen LogP contribution in [0.25, 0.3) is 11.4 Å². The lowest BCUT2D eigenvalue weighted by Gasteiger charge is -2.17. The van der Waals surface area contributed by atoms with E-state index in [1.54, 1.807) is 11.8 Å². The predicted octanol–water partition coefficient (Wildman–Crippen LogP) is 17.9. The van der Waals surface area contributed by atoms with Gasteiger partial charge in [-0.05, 0) is 165 Å². The first kappa shape index (κ1) is 89.3. The molecule has 22 nitrogen and oxygen atoms in total. The molecule has 5 amide bonds. The molecule has 612 valence electrons. The van der Waals surface area contributed by atoms with Gasteiger partial charge in [0, 0.05) is 35.2 Å². The van der Waals surface area contributed by atoms with Crippen molar-refractivity contribution in [3.8, 4) is 23.7 Å². The van der Waals surface area contributed by atoms with E-state index in [9.17, 15) is 24.0 Å². The number of fused-ring (bicyclic) bond motifs is 9. The third-order valence-corrected chi connectivity index (χ3v) is 20.8. The maximum atomic E-state index is 12.3. The molecule has 118 heavy (non-hydrogen) atoms. The van der Waals surface area contributed by atoms with Gasteiger partial charge in [-0.2, -0.15) is 0 Å². The third-order valence-electron chi connectivity index (χ3n) is 19.6. The number of nitrogens with two attached hydrogens (primary N) is 2. The second-order valence-electron chi connectivity index (χ2n) is 27.8. The first-order valence-electron chi connectivity index (χ1n) is 38.6. The van der Waals surface area contributed by atoms with E-state index in [4.69, 9.17) is 47.6 Å². The van der Waals surface area contributed by atoms with Crippen LogP contribution in [0.3, 0.4) is 0 Å². The molecule has 5 atom stereocenters. The topological polar surface area (TPSA) is 294 Å². The SMILES string of the molecule is C.C.C#CCN.CSC1=Nc2ccccc2CC[C@H]1NC(=O)OCc1ccccc1.Cc1cnc2n1-c1ccccc1CCC2N.Cc1cnc2n1-c1ccccc1CCC2NC(=O)OCc1ccccc1.O=C(N[C@@H]1CCc2ccccc2NC1=O)OCc1ccccc1.O=C(N[C@@H]1CCc2ccccc2NC1=S)OCc1ccccc1. The molecular formula is C94H105N13O9S2. The molecule has 2 unspecified atom stereocenters. The number of rotatable bonds is 12. The van der Waals surface area contributed by atoms with Crippen LogP contribution >= 0.6 is 24.0 Å². The van der Waals surface area contributed by atoms with Gasteiger partial charge in [0.1, 0.15) is 49.1 Å². The number of aryl methyl sites for hydroxylation is 7. The number of anilines is 2. The molecule has 7 heterocycles. The van der Waals surface area contributed by atoms with E-state index in [1.807, 2.05) is 220 Å². The van der Waals surface area contributed by atoms with Crippen molar-refractivity contribution >= 4 is 81.4 Å². The summed E-state index contributed by atoms with van der Waals surface area (Å²) >= 11 is 6.97. The van der Waals surface area contributed by atoms with Crippen LogP contribution in [-0.2, 0) is 82.3 Å². The van der Waals surface area contributed by atoms with Crippen LogP contribution in [-0.4, -0.2) is 90.3 Å². The van der Waals surface area contributed by atoms with Crippen LogP contribution in [0.1, 0.15) is 132 Å². The minimum Gasteiger partial charge on any atom is -0.445 e. The number of nitrogens with one attached hydrogen (secondary N) is 6. The molecular weight excluding hydrogens is 1520 g/mol. The fraction of sp³-hybridized carbons (Fsp3) is 0.266. The quantitative estimate of drug-likeness (QED) is 0.0320. The number of carbonyl (C=O) groups is 5. The minimum absolute atomic E-state index is 0. The summed E-state index contributed by atoms with van der Waals surface area (Å²) in [6.07, 6.45) is 16.8. The van der Waals surface area contributed by atoms with Crippen molar-refractivity contribution in [3.63, 3.8) is 0 Å². The van der Waals surface area contributed by atoms with Crippen molar-refractivity contribution in [3.05, 3.63) is 328 Å². The maximum absolute atomic E-state index is 12.3. The Hall–Kier alpha value is -12.7. The fourth-order valence-corrected chi connectivity index (χ4v) is 14.6.